The third kappa shape index (κ3) is 3.97. The quantitative estimate of drug-likeness (QED) is 0.834. The molecule has 0 radical (unpaired) electrons. The van der Waals surface area contributed by atoms with Gasteiger partial charge >= 0.3 is 0 Å². The highest BCUT2D eigenvalue weighted by Crippen LogP contribution is 2.25. The summed E-state index contributed by atoms with van der Waals surface area (Å²) in [4.78, 5) is 25.4. The van der Waals surface area contributed by atoms with Crippen LogP contribution in [0.2, 0.25) is 0 Å². The normalized spacial score (nSPS) is 16.7. The van der Waals surface area contributed by atoms with Gasteiger partial charge in [-0.05, 0) is 30.9 Å². The van der Waals surface area contributed by atoms with Crippen LogP contribution in [0.3, 0.4) is 0 Å². The topological polar surface area (TPSA) is 75.4 Å². The van der Waals surface area contributed by atoms with Crippen molar-refractivity contribution in [2.24, 2.45) is 5.73 Å². The lowest BCUT2D eigenvalue weighted by Crippen LogP contribution is -2.47. The molecule has 2 amide bonds. The number of benzene rings is 1. The minimum Gasteiger partial charge on any atom is -0.373 e. The van der Waals surface area contributed by atoms with Crippen LogP contribution < -0.4 is 11.1 Å². The molecule has 5 nitrogen and oxygen atoms in total. The largest absolute Gasteiger partial charge is 0.373 e. The number of primary amides is 1. The zero-order chi connectivity index (χ0) is 15.2. The molecule has 0 aliphatic carbocycles. The predicted octanol–water partition coefficient (Wildman–Crippen LogP) is 1.53. The fourth-order valence-corrected chi connectivity index (χ4v) is 2.65. The second-order valence-corrected chi connectivity index (χ2v) is 5.47. The Kier molecular flexibility index (Phi) is 5.20. The van der Waals surface area contributed by atoms with E-state index in [1.165, 1.54) is 5.56 Å². The van der Waals surface area contributed by atoms with E-state index >= 15 is 0 Å². The van der Waals surface area contributed by atoms with Gasteiger partial charge in [0.1, 0.15) is 6.04 Å². The molecule has 114 valence electrons. The number of nitrogens with zero attached hydrogens (tertiary/aromatic N) is 1. The number of hydrogen-bond acceptors (Lipinski definition) is 3. The lowest BCUT2D eigenvalue weighted by atomic mass is 9.97. The van der Waals surface area contributed by atoms with Crippen molar-refractivity contribution in [2.45, 2.75) is 38.6 Å². The van der Waals surface area contributed by atoms with Crippen LogP contribution in [0.15, 0.2) is 24.3 Å². The highest BCUT2D eigenvalue weighted by Gasteiger charge is 2.28. The van der Waals surface area contributed by atoms with Crippen molar-refractivity contribution in [3.05, 3.63) is 29.8 Å². The molecule has 0 saturated carbocycles. The first kappa shape index (κ1) is 15.4. The number of amides is 2. The third-order valence-corrected chi connectivity index (χ3v) is 3.79. The Morgan fingerprint density at radius 1 is 1.38 bits per heavy atom. The summed E-state index contributed by atoms with van der Waals surface area (Å²) in [7, 11) is 0. The van der Waals surface area contributed by atoms with Gasteiger partial charge < -0.3 is 16.0 Å². The number of nitrogens with one attached hydrogen (secondary N) is 1. The molecule has 3 N–H and O–H groups in total. The number of rotatable bonds is 6. The van der Waals surface area contributed by atoms with Crippen molar-refractivity contribution in [3.63, 3.8) is 0 Å². The Labute approximate surface area is 125 Å². The van der Waals surface area contributed by atoms with Crippen molar-refractivity contribution >= 4 is 17.5 Å². The van der Waals surface area contributed by atoms with Crippen LogP contribution in [0.5, 0.6) is 0 Å². The van der Waals surface area contributed by atoms with Gasteiger partial charge in [-0.2, -0.15) is 0 Å². The smallest absolute Gasteiger partial charge is 0.245 e. The van der Waals surface area contributed by atoms with Crippen molar-refractivity contribution in [1.29, 1.82) is 0 Å². The summed E-state index contributed by atoms with van der Waals surface area (Å²) in [5.74, 6) is -0.493. The second-order valence-electron chi connectivity index (χ2n) is 5.47. The number of carbonyl (C=O) groups excluding carboxylic acids is 2. The molecule has 1 aliphatic heterocycles. The average Bonchev–Trinajstić information content (AvgIpc) is 2.50. The van der Waals surface area contributed by atoms with Gasteiger partial charge in [0.05, 0.1) is 6.54 Å². The maximum atomic E-state index is 12.6. The number of aryl methyl sites for hydroxylation is 1. The molecule has 0 spiro atoms. The van der Waals surface area contributed by atoms with E-state index in [1.54, 1.807) is 4.90 Å². The summed E-state index contributed by atoms with van der Waals surface area (Å²) in [5, 5.41) is 3.28. The first-order chi connectivity index (χ1) is 10.1. The molecule has 1 aromatic carbocycles. The number of unbranched alkanes of at least 4 members (excludes halogenated alkanes) is 1. The molecule has 1 heterocycles. The van der Waals surface area contributed by atoms with E-state index < -0.39 is 5.91 Å². The summed E-state index contributed by atoms with van der Waals surface area (Å²) in [6, 6.07) is 7.75. The minimum absolute atomic E-state index is 0.00133. The molecule has 2 rings (SSSR count). The minimum atomic E-state index is -0.462. The first-order valence-corrected chi connectivity index (χ1v) is 7.53. The predicted molar refractivity (Wildman–Crippen MR) is 82.9 cm³/mol. The zero-order valence-corrected chi connectivity index (χ0v) is 12.5. The molecule has 5 heteroatoms. The van der Waals surface area contributed by atoms with Gasteiger partial charge in [0.2, 0.25) is 11.8 Å². The SMILES string of the molecule is CCCCN(CC(N)=O)C(=O)C1CCc2ccccc2N1. The van der Waals surface area contributed by atoms with Crippen LogP contribution in [-0.4, -0.2) is 35.8 Å². The monoisotopic (exact) mass is 289 g/mol. The molecular weight excluding hydrogens is 266 g/mol. The number of hydrogen-bond donors (Lipinski definition) is 2. The first-order valence-electron chi connectivity index (χ1n) is 7.53. The Morgan fingerprint density at radius 2 is 2.14 bits per heavy atom. The fraction of sp³-hybridized carbons (Fsp3) is 0.500. The molecule has 0 fully saturated rings. The van der Waals surface area contributed by atoms with Crippen LogP contribution in [-0.2, 0) is 16.0 Å². The Bertz CT molecular complexity index is 516. The summed E-state index contributed by atoms with van der Waals surface area (Å²) in [6.45, 7) is 2.64. The highest BCUT2D eigenvalue weighted by atomic mass is 16.2. The van der Waals surface area contributed by atoms with Crippen molar-refractivity contribution in [3.8, 4) is 0 Å². The Balaban J connectivity index is 2.05. The van der Waals surface area contributed by atoms with Gasteiger partial charge in [0.15, 0.2) is 0 Å². The number of anilines is 1. The fourth-order valence-electron chi connectivity index (χ4n) is 2.65. The molecule has 1 unspecified atom stereocenters. The number of carbonyl (C=O) groups is 2. The van der Waals surface area contributed by atoms with E-state index in [4.69, 9.17) is 5.73 Å². The number of nitrogens with two attached hydrogens (primary N) is 1. The molecule has 0 bridgehead atoms. The highest BCUT2D eigenvalue weighted by molar-refractivity contribution is 5.89. The summed E-state index contributed by atoms with van der Waals surface area (Å²) in [6.07, 6.45) is 3.47. The number of para-hydroxylation sites is 1. The van der Waals surface area contributed by atoms with E-state index in [1.807, 2.05) is 18.2 Å². The molecule has 1 aliphatic rings. The second kappa shape index (κ2) is 7.11. The van der Waals surface area contributed by atoms with E-state index in [-0.39, 0.29) is 18.5 Å². The zero-order valence-electron chi connectivity index (χ0n) is 12.5. The lowest BCUT2D eigenvalue weighted by Gasteiger charge is -2.31. The van der Waals surface area contributed by atoms with Crippen molar-refractivity contribution < 1.29 is 9.59 Å². The third-order valence-electron chi connectivity index (χ3n) is 3.79. The maximum absolute atomic E-state index is 12.6. The van der Waals surface area contributed by atoms with Crippen molar-refractivity contribution in [1.82, 2.24) is 4.90 Å². The average molecular weight is 289 g/mol. The summed E-state index contributed by atoms with van der Waals surface area (Å²) >= 11 is 0. The van der Waals surface area contributed by atoms with Gasteiger partial charge in [-0.25, -0.2) is 0 Å². The lowest BCUT2D eigenvalue weighted by molar-refractivity contribution is -0.136. The maximum Gasteiger partial charge on any atom is 0.245 e. The van der Waals surface area contributed by atoms with E-state index in [0.717, 1.165) is 31.4 Å². The summed E-state index contributed by atoms with van der Waals surface area (Å²) < 4.78 is 0. The van der Waals surface area contributed by atoms with Crippen LogP contribution in [0, 0.1) is 0 Å². The molecule has 21 heavy (non-hydrogen) atoms. The molecule has 1 aromatic rings. The summed E-state index contributed by atoms with van der Waals surface area (Å²) in [5.41, 5.74) is 7.50. The van der Waals surface area contributed by atoms with Gasteiger partial charge in [-0.3, -0.25) is 9.59 Å². The Hall–Kier alpha value is -2.04. The molecule has 0 saturated heterocycles. The van der Waals surface area contributed by atoms with Gasteiger partial charge in [0.25, 0.3) is 0 Å². The molecule has 0 aromatic heterocycles. The Morgan fingerprint density at radius 3 is 2.86 bits per heavy atom. The van der Waals surface area contributed by atoms with Crippen LogP contribution in [0.4, 0.5) is 5.69 Å². The standard InChI is InChI=1S/C16H23N3O2/c1-2-3-10-19(11-15(17)20)16(21)14-9-8-12-6-4-5-7-13(12)18-14/h4-7,14,18H,2-3,8-11H2,1H3,(H2,17,20). The van der Waals surface area contributed by atoms with Crippen molar-refractivity contribution in [2.75, 3.05) is 18.4 Å². The van der Waals surface area contributed by atoms with Gasteiger partial charge in [-0.15, -0.1) is 0 Å². The van der Waals surface area contributed by atoms with Crippen LogP contribution in [0.1, 0.15) is 31.7 Å². The van der Waals surface area contributed by atoms with Gasteiger partial charge in [-0.1, -0.05) is 31.5 Å². The van der Waals surface area contributed by atoms with E-state index in [9.17, 15) is 9.59 Å². The van der Waals surface area contributed by atoms with E-state index in [2.05, 4.69) is 18.3 Å². The molecule has 1 atom stereocenters. The molecular formula is C16H23N3O2. The number of fused-ring (bicyclic) bond motifs is 1. The van der Waals surface area contributed by atoms with Gasteiger partial charge in [0, 0.05) is 12.2 Å². The van der Waals surface area contributed by atoms with Crippen LogP contribution in [0.25, 0.3) is 0 Å². The van der Waals surface area contributed by atoms with E-state index in [0.29, 0.717) is 6.54 Å². The van der Waals surface area contributed by atoms with Crippen LogP contribution >= 0.6 is 0 Å².